The summed E-state index contributed by atoms with van der Waals surface area (Å²) >= 11 is 3.53. The Morgan fingerprint density at radius 1 is 1.15 bits per heavy atom. The van der Waals surface area contributed by atoms with Gasteiger partial charge in [-0.15, -0.1) is 0 Å². The topological polar surface area (TPSA) is 36.9 Å². The van der Waals surface area contributed by atoms with E-state index in [1.165, 1.54) is 0 Å². The van der Waals surface area contributed by atoms with Crippen molar-refractivity contribution in [2.75, 3.05) is 27.1 Å². The lowest BCUT2D eigenvalue weighted by Crippen LogP contribution is -2.08. The fraction of sp³-hybridized carbons (Fsp3) is 0.333. The maximum Gasteiger partial charge on any atom is 0.189 e. The molecule has 0 amide bonds. The van der Waals surface area contributed by atoms with Crippen LogP contribution < -0.4 is 4.74 Å². The Bertz CT molecular complexity index is 715. The van der Waals surface area contributed by atoms with Crippen molar-refractivity contribution in [2.45, 2.75) is 20.1 Å². The van der Waals surface area contributed by atoms with Crippen molar-refractivity contribution in [3.05, 3.63) is 63.6 Å². The molecular weight excluding hydrogens is 396 g/mol. The van der Waals surface area contributed by atoms with Gasteiger partial charge in [0, 0.05) is 30.4 Å². The molecule has 2 rings (SSSR count). The van der Waals surface area contributed by atoms with Crippen LogP contribution in [0.15, 0.2) is 40.9 Å². The Balaban J connectivity index is 2.30. The first kappa shape index (κ1) is 20.6. The van der Waals surface area contributed by atoms with Gasteiger partial charge in [0.05, 0.1) is 0 Å². The van der Waals surface area contributed by atoms with E-state index in [2.05, 4.69) is 22.0 Å². The van der Waals surface area contributed by atoms with Crippen LogP contribution in [0.1, 0.15) is 36.8 Å². The van der Waals surface area contributed by atoms with E-state index < -0.39 is 6.29 Å². The number of benzene rings is 2. The molecule has 139 valence electrons. The van der Waals surface area contributed by atoms with Gasteiger partial charge in [-0.1, -0.05) is 40.2 Å². The normalized spacial score (nSPS) is 12.5. The molecule has 0 bridgehead atoms. The number of hydrogen-bond acceptors (Lipinski definition) is 4. The largest absolute Gasteiger partial charge is 0.468 e. The zero-order chi connectivity index (χ0) is 18.8. The SMILES string of the molecule is CCOCOc1cc(C=Cc2[c]cccc2Br)cc(C(OC)OCC)c1. The molecule has 1 unspecified atom stereocenters. The Morgan fingerprint density at radius 3 is 2.69 bits per heavy atom. The van der Waals surface area contributed by atoms with Gasteiger partial charge in [-0.05, 0) is 55.3 Å². The van der Waals surface area contributed by atoms with Crippen LogP contribution in [0, 0.1) is 6.07 Å². The molecule has 26 heavy (non-hydrogen) atoms. The zero-order valence-corrected chi connectivity index (χ0v) is 16.9. The molecule has 0 aromatic heterocycles. The van der Waals surface area contributed by atoms with E-state index in [1.54, 1.807) is 7.11 Å². The molecule has 1 radical (unpaired) electrons. The molecule has 0 saturated carbocycles. The van der Waals surface area contributed by atoms with Crippen LogP contribution in [0.4, 0.5) is 0 Å². The number of hydrogen-bond donors (Lipinski definition) is 0. The molecule has 0 heterocycles. The summed E-state index contributed by atoms with van der Waals surface area (Å²) in [6.07, 6.45) is 3.56. The van der Waals surface area contributed by atoms with E-state index in [4.69, 9.17) is 18.9 Å². The van der Waals surface area contributed by atoms with Crippen LogP contribution in [-0.2, 0) is 14.2 Å². The fourth-order valence-corrected chi connectivity index (χ4v) is 2.74. The van der Waals surface area contributed by atoms with Crippen molar-refractivity contribution in [1.29, 1.82) is 0 Å². The molecule has 4 nitrogen and oxygen atoms in total. The highest BCUT2D eigenvalue weighted by Crippen LogP contribution is 2.27. The lowest BCUT2D eigenvalue weighted by Gasteiger charge is -2.17. The Hall–Kier alpha value is -1.66. The van der Waals surface area contributed by atoms with E-state index in [1.807, 2.05) is 62.4 Å². The molecule has 0 aliphatic heterocycles. The summed E-state index contributed by atoms with van der Waals surface area (Å²) in [7, 11) is 1.62. The molecule has 0 fully saturated rings. The molecule has 0 aliphatic rings. The highest BCUT2D eigenvalue weighted by Gasteiger charge is 2.12. The van der Waals surface area contributed by atoms with Gasteiger partial charge in [0.15, 0.2) is 13.1 Å². The summed E-state index contributed by atoms with van der Waals surface area (Å²) in [6.45, 7) is 5.22. The van der Waals surface area contributed by atoms with Gasteiger partial charge in [-0.3, -0.25) is 0 Å². The summed E-state index contributed by atoms with van der Waals surface area (Å²) in [5, 5.41) is 0. The van der Waals surface area contributed by atoms with Gasteiger partial charge >= 0.3 is 0 Å². The van der Waals surface area contributed by atoms with Crippen molar-refractivity contribution in [3.8, 4) is 5.75 Å². The highest BCUT2D eigenvalue weighted by atomic mass is 79.9. The minimum Gasteiger partial charge on any atom is -0.468 e. The lowest BCUT2D eigenvalue weighted by atomic mass is 10.1. The van der Waals surface area contributed by atoms with E-state index in [9.17, 15) is 0 Å². The second kappa shape index (κ2) is 11.1. The van der Waals surface area contributed by atoms with E-state index in [-0.39, 0.29) is 6.79 Å². The van der Waals surface area contributed by atoms with Crippen molar-refractivity contribution < 1.29 is 18.9 Å². The smallest absolute Gasteiger partial charge is 0.189 e. The quantitative estimate of drug-likeness (QED) is 0.290. The van der Waals surface area contributed by atoms with Crippen LogP contribution in [0.3, 0.4) is 0 Å². The Morgan fingerprint density at radius 2 is 2.00 bits per heavy atom. The van der Waals surface area contributed by atoms with Gasteiger partial charge in [-0.2, -0.15) is 0 Å². The Kier molecular flexibility index (Phi) is 8.85. The second-order valence-electron chi connectivity index (χ2n) is 5.38. The summed E-state index contributed by atoms with van der Waals surface area (Å²) < 4.78 is 23.1. The molecular formula is C21H24BrO4. The molecule has 1 atom stereocenters. The van der Waals surface area contributed by atoms with Gasteiger partial charge in [0.2, 0.25) is 0 Å². The minimum absolute atomic E-state index is 0.202. The summed E-state index contributed by atoms with van der Waals surface area (Å²) in [4.78, 5) is 0. The average Bonchev–Trinajstić information content (AvgIpc) is 2.65. The van der Waals surface area contributed by atoms with Crippen molar-refractivity contribution >= 4 is 28.1 Å². The molecule has 2 aromatic carbocycles. The van der Waals surface area contributed by atoms with Crippen LogP contribution in [0.2, 0.25) is 0 Å². The van der Waals surface area contributed by atoms with E-state index in [0.29, 0.717) is 19.0 Å². The van der Waals surface area contributed by atoms with Crippen LogP contribution in [-0.4, -0.2) is 27.1 Å². The van der Waals surface area contributed by atoms with Crippen LogP contribution in [0.5, 0.6) is 5.75 Å². The van der Waals surface area contributed by atoms with Crippen LogP contribution in [0.25, 0.3) is 12.2 Å². The van der Waals surface area contributed by atoms with Gasteiger partial charge < -0.3 is 18.9 Å². The summed E-state index contributed by atoms with van der Waals surface area (Å²) in [6, 6.07) is 14.9. The molecule has 0 aliphatic carbocycles. The zero-order valence-electron chi connectivity index (χ0n) is 15.3. The molecule has 0 saturated heterocycles. The first-order valence-corrected chi connectivity index (χ1v) is 9.31. The van der Waals surface area contributed by atoms with Crippen molar-refractivity contribution in [1.82, 2.24) is 0 Å². The predicted molar refractivity (Wildman–Crippen MR) is 107 cm³/mol. The Labute approximate surface area is 163 Å². The molecule has 5 heteroatoms. The molecule has 0 N–H and O–H groups in total. The van der Waals surface area contributed by atoms with Gasteiger partial charge in [0.25, 0.3) is 0 Å². The van der Waals surface area contributed by atoms with Crippen molar-refractivity contribution in [2.24, 2.45) is 0 Å². The van der Waals surface area contributed by atoms with Gasteiger partial charge in [-0.25, -0.2) is 0 Å². The first-order valence-electron chi connectivity index (χ1n) is 8.52. The maximum atomic E-state index is 5.69. The molecule has 0 spiro atoms. The van der Waals surface area contributed by atoms with Crippen LogP contribution >= 0.6 is 15.9 Å². The third-order valence-electron chi connectivity index (χ3n) is 3.55. The minimum atomic E-state index is -0.446. The number of halogens is 1. The average molecular weight is 420 g/mol. The lowest BCUT2D eigenvalue weighted by molar-refractivity contribution is -0.124. The highest BCUT2D eigenvalue weighted by molar-refractivity contribution is 9.10. The second-order valence-corrected chi connectivity index (χ2v) is 6.23. The van der Waals surface area contributed by atoms with Crippen molar-refractivity contribution in [3.63, 3.8) is 0 Å². The third kappa shape index (κ3) is 6.25. The van der Waals surface area contributed by atoms with E-state index >= 15 is 0 Å². The van der Waals surface area contributed by atoms with Gasteiger partial charge in [0.1, 0.15) is 5.75 Å². The predicted octanol–water partition coefficient (Wildman–Crippen LogP) is 5.47. The molecule has 2 aromatic rings. The summed E-state index contributed by atoms with van der Waals surface area (Å²) in [5.74, 6) is 0.702. The fourth-order valence-electron chi connectivity index (χ4n) is 2.34. The monoisotopic (exact) mass is 419 g/mol. The number of methoxy groups -OCH3 is 1. The maximum absolute atomic E-state index is 5.69. The number of ether oxygens (including phenoxy) is 4. The van der Waals surface area contributed by atoms with E-state index in [0.717, 1.165) is 21.2 Å². The standard InChI is InChI=1S/C21H24BrO4/c1-4-24-15-26-19-13-16(10-11-17-8-6-7-9-20(17)22)12-18(14-19)21(23-3)25-5-2/h6-7,9-14,21H,4-5,15H2,1-3H3. The summed E-state index contributed by atoms with van der Waals surface area (Å²) in [5.41, 5.74) is 2.83. The third-order valence-corrected chi connectivity index (χ3v) is 4.24. The number of rotatable bonds is 10. The first-order chi connectivity index (χ1) is 12.7.